The van der Waals surface area contributed by atoms with Crippen LogP contribution in [0.1, 0.15) is 11.1 Å². The third kappa shape index (κ3) is 3.76. The fraction of sp³-hybridized carbons (Fsp3) is 0. The second-order valence-electron chi connectivity index (χ2n) is 6.42. The van der Waals surface area contributed by atoms with Gasteiger partial charge in [-0.05, 0) is 60.7 Å². The van der Waals surface area contributed by atoms with Gasteiger partial charge >= 0.3 is 0 Å². The number of aromatic amines is 1. The highest BCUT2D eigenvalue weighted by molar-refractivity contribution is 6.32. The summed E-state index contributed by atoms with van der Waals surface area (Å²) in [5.74, 6) is 1.75. The van der Waals surface area contributed by atoms with Gasteiger partial charge < -0.3 is 21.2 Å². The summed E-state index contributed by atoms with van der Waals surface area (Å²) in [4.78, 5) is 7.79. The highest BCUT2D eigenvalue weighted by atomic mass is 35.5. The second kappa shape index (κ2) is 7.29. The van der Waals surface area contributed by atoms with E-state index in [1.807, 2.05) is 12.1 Å². The van der Waals surface area contributed by atoms with Gasteiger partial charge in [-0.3, -0.25) is 10.8 Å². The van der Waals surface area contributed by atoms with Crippen molar-refractivity contribution < 1.29 is 4.74 Å². The lowest BCUT2D eigenvalue weighted by Crippen LogP contribution is -2.10. The lowest BCUT2D eigenvalue weighted by molar-refractivity contribution is 0.483. The van der Waals surface area contributed by atoms with E-state index in [0.717, 1.165) is 16.6 Å². The lowest BCUT2D eigenvalue weighted by Gasteiger charge is -2.09. The predicted molar refractivity (Wildman–Crippen MR) is 115 cm³/mol. The number of rotatable bonds is 5. The Hall–Kier alpha value is -3.84. The standard InChI is InChI=1S/C21H17ClN6O/c22-15-9-13(21-27-16-7-3-12(20(25)26)10-17(16)28-21)4-8-18(15)29-14-5-1-11(2-6-14)19(23)24/h1-10H,(H3,23,24)(H3,25,26)(H,27,28). The maximum Gasteiger partial charge on any atom is 0.146 e. The zero-order chi connectivity index (χ0) is 20.5. The van der Waals surface area contributed by atoms with Gasteiger partial charge in [0.2, 0.25) is 0 Å². The maximum atomic E-state index is 7.55. The Morgan fingerprint density at radius 1 is 0.897 bits per heavy atom. The van der Waals surface area contributed by atoms with E-state index in [1.54, 1.807) is 48.5 Å². The average molecular weight is 405 g/mol. The van der Waals surface area contributed by atoms with E-state index in [-0.39, 0.29) is 11.7 Å². The summed E-state index contributed by atoms with van der Waals surface area (Å²) in [6, 6.07) is 17.6. The second-order valence-corrected chi connectivity index (χ2v) is 6.82. The first-order chi connectivity index (χ1) is 13.9. The SMILES string of the molecule is N=C(N)c1ccc(Oc2ccc(-c3nc4ccc(C(=N)N)cc4[nH]3)cc2Cl)cc1. The monoisotopic (exact) mass is 404 g/mol. The summed E-state index contributed by atoms with van der Waals surface area (Å²) >= 11 is 6.41. The molecule has 4 aromatic rings. The molecule has 0 atom stereocenters. The molecular formula is C21H17ClN6O. The van der Waals surface area contributed by atoms with E-state index in [1.165, 1.54) is 0 Å². The normalized spacial score (nSPS) is 10.8. The Bertz CT molecular complexity index is 1250. The van der Waals surface area contributed by atoms with Crippen LogP contribution in [0.5, 0.6) is 11.5 Å². The lowest BCUT2D eigenvalue weighted by atomic mass is 10.2. The van der Waals surface area contributed by atoms with Crippen molar-refractivity contribution in [3.05, 3.63) is 76.8 Å². The summed E-state index contributed by atoms with van der Waals surface area (Å²) < 4.78 is 5.82. The van der Waals surface area contributed by atoms with Crippen LogP contribution >= 0.6 is 11.6 Å². The van der Waals surface area contributed by atoms with Crippen molar-refractivity contribution in [2.24, 2.45) is 11.5 Å². The van der Waals surface area contributed by atoms with Crippen LogP contribution in [0.2, 0.25) is 5.02 Å². The number of hydrogen-bond donors (Lipinski definition) is 5. The van der Waals surface area contributed by atoms with Crippen LogP contribution in [-0.4, -0.2) is 21.6 Å². The number of nitrogens with zero attached hydrogens (tertiary/aromatic N) is 1. The number of H-pyrrole nitrogens is 1. The van der Waals surface area contributed by atoms with Crippen LogP contribution < -0.4 is 16.2 Å². The summed E-state index contributed by atoms with van der Waals surface area (Å²) in [5.41, 5.74) is 14.6. The Kier molecular flexibility index (Phi) is 4.66. The Balaban J connectivity index is 1.60. The number of amidine groups is 2. The van der Waals surface area contributed by atoms with Gasteiger partial charge in [0, 0.05) is 16.7 Å². The highest BCUT2D eigenvalue weighted by Crippen LogP contribution is 2.33. The quantitative estimate of drug-likeness (QED) is 0.251. The number of ether oxygens (including phenoxy) is 1. The van der Waals surface area contributed by atoms with E-state index in [4.69, 9.17) is 38.6 Å². The largest absolute Gasteiger partial charge is 0.456 e. The van der Waals surface area contributed by atoms with Crippen molar-refractivity contribution >= 4 is 34.3 Å². The number of nitrogens with two attached hydrogens (primary N) is 2. The van der Waals surface area contributed by atoms with Crippen LogP contribution in [0.4, 0.5) is 0 Å². The summed E-state index contributed by atoms with van der Waals surface area (Å²) in [6.45, 7) is 0. The molecule has 8 heteroatoms. The van der Waals surface area contributed by atoms with Gasteiger partial charge in [0.1, 0.15) is 29.0 Å². The molecule has 29 heavy (non-hydrogen) atoms. The van der Waals surface area contributed by atoms with Crippen LogP contribution in [-0.2, 0) is 0 Å². The Morgan fingerprint density at radius 3 is 2.24 bits per heavy atom. The molecule has 1 heterocycles. The average Bonchev–Trinajstić information content (AvgIpc) is 3.13. The minimum atomic E-state index is 0.000179. The van der Waals surface area contributed by atoms with Crippen molar-refractivity contribution in [3.8, 4) is 22.9 Å². The van der Waals surface area contributed by atoms with Gasteiger partial charge in [0.25, 0.3) is 0 Å². The molecule has 0 unspecified atom stereocenters. The first kappa shape index (κ1) is 18.5. The van der Waals surface area contributed by atoms with Crippen molar-refractivity contribution in [2.45, 2.75) is 0 Å². The predicted octanol–water partition coefficient (Wildman–Crippen LogP) is 4.24. The third-order valence-corrected chi connectivity index (χ3v) is 4.69. The number of hydrogen-bond acceptors (Lipinski definition) is 4. The molecule has 0 amide bonds. The molecule has 0 spiro atoms. The number of halogens is 1. The van der Waals surface area contributed by atoms with Gasteiger partial charge in [0.15, 0.2) is 0 Å². The minimum Gasteiger partial charge on any atom is -0.456 e. The van der Waals surface area contributed by atoms with E-state index < -0.39 is 0 Å². The topological polar surface area (TPSA) is 138 Å². The Morgan fingerprint density at radius 2 is 1.59 bits per heavy atom. The maximum absolute atomic E-state index is 7.55. The van der Waals surface area contributed by atoms with Gasteiger partial charge in [-0.25, -0.2) is 4.98 Å². The van der Waals surface area contributed by atoms with Crippen molar-refractivity contribution in [1.29, 1.82) is 10.8 Å². The van der Waals surface area contributed by atoms with Gasteiger partial charge in [-0.2, -0.15) is 0 Å². The molecular weight excluding hydrogens is 388 g/mol. The molecule has 0 aliphatic carbocycles. The van der Waals surface area contributed by atoms with Crippen LogP contribution in [0, 0.1) is 10.8 Å². The Labute approximate surface area is 171 Å². The van der Waals surface area contributed by atoms with E-state index in [2.05, 4.69) is 9.97 Å². The first-order valence-corrected chi connectivity index (χ1v) is 9.05. The van der Waals surface area contributed by atoms with Crippen molar-refractivity contribution in [1.82, 2.24) is 9.97 Å². The number of fused-ring (bicyclic) bond motifs is 1. The number of nitrogens with one attached hydrogen (secondary N) is 3. The smallest absolute Gasteiger partial charge is 0.146 e. The van der Waals surface area contributed by atoms with E-state index in [0.29, 0.717) is 33.5 Å². The zero-order valence-corrected chi connectivity index (χ0v) is 15.9. The molecule has 0 radical (unpaired) electrons. The number of nitrogen functional groups attached to an aromatic ring is 2. The third-order valence-electron chi connectivity index (χ3n) is 4.39. The molecule has 0 fully saturated rings. The number of benzene rings is 3. The number of imidazole rings is 1. The van der Waals surface area contributed by atoms with Gasteiger partial charge in [-0.1, -0.05) is 11.6 Å². The minimum absolute atomic E-state index is 0.000179. The molecule has 7 nitrogen and oxygen atoms in total. The molecule has 144 valence electrons. The van der Waals surface area contributed by atoms with Crippen LogP contribution in [0.25, 0.3) is 22.4 Å². The molecule has 0 aliphatic heterocycles. The molecule has 0 bridgehead atoms. The fourth-order valence-electron chi connectivity index (χ4n) is 2.87. The van der Waals surface area contributed by atoms with Crippen molar-refractivity contribution in [2.75, 3.05) is 0 Å². The molecule has 3 aromatic carbocycles. The van der Waals surface area contributed by atoms with Crippen molar-refractivity contribution in [3.63, 3.8) is 0 Å². The van der Waals surface area contributed by atoms with Crippen LogP contribution in [0.15, 0.2) is 60.7 Å². The van der Waals surface area contributed by atoms with Gasteiger partial charge in [-0.15, -0.1) is 0 Å². The molecule has 0 aliphatic rings. The van der Waals surface area contributed by atoms with E-state index in [9.17, 15) is 0 Å². The first-order valence-electron chi connectivity index (χ1n) is 8.67. The molecule has 7 N–H and O–H groups in total. The van der Waals surface area contributed by atoms with Gasteiger partial charge in [0.05, 0.1) is 16.1 Å². The molecule has 0 saturated heterocycles. The fourth-order valence-corrected chi connectivity index (χ4v) is 3.09. The summed E-state index contributed by atoms with van der Waals surface area (Å²) in [7, 11) is 0. The zero-order valence-electron chi connectivity index (χ0n) is 15.2. The highest BCUT2D eigenvalue weighted by Gasteiger charge is 2.11. The van der Waals surface area contributed by atoms with E-state index >= 15 is 0 Å². The molecule has 4 rings (SSSR count). The van der Waals surface area contributed by atoms with Crippen LogP contribution in [0.3, 0.4) is 0 Å². The number of aromatic nitrogens is 2. The summed E-state index contributed by atoms with van der Waals surface area (Å²) in [5, 5.41) is 15.4. The molecule has 0 saturated carbocycles. The molecule has 1 aromatic heterocycles. The summed E-state index contributed by atoms with van der Waals surface area (Å²) in [6.07, 6.45) is 0.